The minimum atomic E-state index is -1.07. The van der Waals surface area contributed by atoms with Gasteiger partial charge in [0, 0.05) is 0 Å². The van der Waals surface area contributed by atoms with Gasteiger partial charge < -0.3 is 20.4 Å². The summed E-state index contributed by atoms with van der Waals surface area (Å²) < 4.78 is 0. The first-order valence-corrected chi connectivity index (χ1v) is 11.2. The standard InChI is InChI=1S/C23H44O4/c1-21(2,26)14-6-8-16(10-13-20(25)22(3,4)27)17-11-12-18-19(24)9-7-15-23(17,18)5/h16-20,24-27H,6-15H2,1-5H3/t16-,17-,18+,19+,20-,23-/m1/s1. The lowest BCUT2D eigenvalue weighted by atomic mass is 9.60. The predicted octanol–water partition coefficient (Wildman–Crippen LogP) is 4.03. The fourth-order valence-corrected chi connectivity index (χ4v) is 6.03. The zero-order chi connectivity index (χ0) is 20.5. The number of hydrogen-bond acceptors (Lipinski definition) is 4. The SMILES string of the molecule is CC(C)(O)CCC[C@H](CC[C@@H](O)C(C)(C)O)[C@H]1CC[C@H]2[C@@H](O)CCC[C@]12C. The molecule has 2 aliphatic carbocycles. The third-order valence-electron chi connectivity index (χ3n) is 7.72. The highest BCUT2D eigenvalue weighted by atomic mass is 16.3. The molecule has 0 aromatic heterocycles. The van der Waals surface area contributed by atoms with E-state index < -0.39 is 17.3 Å². The van der Waals surface area contributed by atoms with Gasteiger partial charge in [-0.2, -0.15) is 0 Å². The van der Waals surface area contributed by atoms with Gasteiger partial charge in [-0.25, -0.2) is 0 Å². The van der Waals surface area contributed by atoms with Gasteiger partial charge in [0.25, 0.3) is 0 Å². The van der Waals surface area contributed by atoms with Gasteiger partial charge in [0.2, 0.25) is 0 Å². The van der Waals surface area contributed by atoms with E-state index in [1.165, 1.54) is 6.42 Å². The van der Waals surface area contributed by atoms with Gasteiger partial charge in [0.15, 0.2) is 0 Å². The molecule has 4 N–H and O–H groups in total. The summed E-state index contributed by atoms with van der Waals surface area (Å²) in [5.41, 5.74) is -1.52. The molecule has 0 saturated heterocycles. The number of aliphatic hydroxyl groups excluding tert-OH is 2. The molecule has 0 amide bonds. The minimum Gasteiger partial charge on any atom is -0.393 e. The van der Waals surface area contributed by atoms with E-state index in [-0.39, 0.29) is 11.5 Å². The Morgan fingerprint density at radius 2 is 1.67 bits per heavy atom. The van der Waals surface area contributed by atoms with Crippen molar-refractivity contribution >= 4 is 0 Å². The summed E-state index contributed by atoms with van der Waals surface area (Å²) in [5, 5.41) is 41.1. The number of hydrogen-bond donors (Lipinski definition) is 4. The van der Waals surface area contributed by atoms with Crippen molar-refractivity contribution < 1.29 is 20.4 Å². The molecule has 0 bridgehead atoms. The Bertz CT molecular complexity index is 464. The summed E-state index contributed by atoms with van der Waals surface area (Å²) in [6.07, 6.45) is 8.95. The van der Waals surface area contributed by atoms with Crippen LogP contribution in [0.25, 0.3) is 0 Å². The third-order valence-corrected chi connectivity index (χ3v) is 7.72. The molecule has 2 rings (SSSR count). The molecule has 27 heavy (non-hydrogen) atoms. The molecule has 0 spiro atoms. The molecule has 0 aromatic rings. The third kappa shape index (κ3) is 5.91. The molecule has 0 radical (unpaired) electrons. The molecule has 0 unspecified atom stereocenters. The first-order chi connectivity index (χ1) is 12.3. The summed E-state index contributed by atoms with van der Waals surface area (Å²) in [7, 11) is 0. The normalized spacial score (nSPS) is 34.3. The van der Waals surface area contributed by atoms with Crippen LogP contribution in [0.15, 0.2) is 0 Å². The van der Waals surface area contributed by atoms with Crippen LogP contribution in [-0.4, -0.2) is 43.8 Å². The fraction of sp³-hybridized carbons (Fsp3) is 1.00. The molecule has 0 heterocycles. The maximum atomic E-state index is 10.5. The van der Waals surface area contributed by atoms with Gasteiger partial charge in [-0.1, -0.05) is 26.2 Å². The molecule has 2 aliphatic rings. The van der Waals surface area contributed by atoms with Gasteiger partial charge in [-0.3, -0.25) is 0 Å². The highest BCUT2D eigenvalue weighted by Crippen LogP contribution is 2.59. The maximum absolute atomic E-state index is 10.5. The van der Waals surface area contributed by atoms with Crippen molar-refractivity contribution in [2.75, 3.05) is 0 Å². The van der Waals surface area contributed by atoms with E-state index in [0.717, 1.165) is 51.4 Å². The second-order valence-corrected chi connectivity index (χ2v) is 11.0. The van der Waals surface area contributed by atoms with Crippen LogP contribution in [-0.2, 0) is 0 Å². The molecule has 0 aliphatic heterocycles. The Morgan fingerprint density at radius 3 is 2.26 bits per heavy atom. The maximum Gasteiger partial charge on any atom is 0.0849 e. The van der Waals surface area contributed by atoms with Crippen molar-refractivity contribution in [2.24, 2.45) is 23.2 Å². The highest BCUT2D eigenvalue weighted by molar-refractivity contribution is 5.02. The molecular weight excluding hydrogens is 340 g/mol. The second-order valence-electron chi connectivity index (χ2n) is 11.0. The minimum absolute atomic E-state index is 0.159. The van der Waals surface area contributed by atoms with E-state index in [1.807, 2.05) is 13.8 Å². The molecule has 4 nitrogen and oxygen atoms in total. The van der Waals surface area contributed by atoms with E-state index in [0.29, 0.717) is 24.2 Å². The van der Waals surface area contributed by atoms with Crippen molar-refractivity contribution in [3.05, 3.63) is 0 Å². The van der Waals surface area contributed by atoms with Gasteiger partial charge in [0.05, 0.1) is 23.4 Å². The lowest BCUT2D eigenvalue weighted by Crippen LogP contribution is -2.42. The smallest absolute Gasteiger partial charge is 0.0849 e. The molecule has 4 heteroatoms. The van der Waals surface area contributed by atoms with Gasteiger partial charge in [-0.15, -0.1) is 0 Å². The van der Waals surface area contributed by atoms with Gasteiger partial charge >= 0.3 is 0 Å². The predicted molar refractivity (Wildman–Crippen MR) is 109 cm³/mol. The van der Waals surface area contributed by atoms with Crippen molar-refractivity contribution in [1.29, 1.82) is 0 Å². The Balaban J connectivity index is 2.08. The van der Waals surface area contributed by atoms with Crippen LogP contribution in [0.2, 0.25) is 0 Å². The van der Waals surface area contributed by atoms with Crippen LogP contribution in [0.4, 0.5) is 0 Å². The number of aliphatic hydroxyl groups is 4. The van der Waals surface area contributed by atoms with Crippen molar-refractivity contribution in [2.45, 2.75) is 122 Å². The lowest BCUT2D eigenvalue weighted by molar-refractivity contribution is -0.0599. The van der Waals surface area contributed by atoms with Crippen LogP contribution in [0, 0.1) is 23.2 Å². The van der Waals surface area contributed by atoms with Crippen molar-refractivity contribution in [1.82, 2.24) is 0 Å². The average molecular weight is 385 g/mol. The van der Waals surface area contributed by atoms with Crippen molar-refractivity contribution in [3.63, 3.8) is 0 Å². The van der Waals surface area contributed by atoms with Gasteiger partial charge in [0.1, 0.15) is 0 Å². The zero-order valence-electron chi connectivity index (χ0n) is 18.2. The molecule has 2 fully saturated rings. The summed E-state index contributed by atoms with van der Waals surface area (Å²) in [5.74, 6) is 1.45. The van der Waals surface area contributed by atoms with E-state index in [1.54, 1.807) is 13.8 Å². The largest absolute Gasteiger partial charge is 0.393 e. The summed E-state index contributed by atoms with van der Waals surface area (Å²) in [6.45, 7) is 9.46. The van der Waals surface area contributed by atoms with E-state index >= 15 is 0 Å². The molecular formula is C23H44O4. The van der Waals surface area contributed by atoms with E-state index in [2.05, 4.69) is 6.92 Å². The van der Waals surface area contributed by atoms with Crippen LogP contribution in [0.3, 0.4) is 0 Å². The molecule has 6 atom stereocenters. The fourth-order valence-electron chi connectivity index (χ4n) is 6.03. The monoisotopic (exact) mass is 384 g/mol. The Morgan fingerprint density at radius 1 is 1.00 bits per heavy atom. The molecule has 0 aromatic carbocycles. The first-order valence-electron chi connectivity index (χ1n) is 11.2. The van der Waals surface area contributed by atoms with E-state index in [4.69, 9.17) is 0 Å². The second kappa shape index (κ2) is 8.69. The topological polar surface area (TPSA) is 80.9 Å². The Kier molecular flexibility index (Phi) is 7.44. The van der Waals surface area contributed by atoms with Gasteiger partial charge in [-0.05, 0) is 95.8 Å². The Hall–Kier alpha value is -0.160. The van der Waals surface area contributed by atoms with Crippen molar-refractivity contribution in [3.8, 4) is 0 Å². The highest BCUT2D eigenvalue weighted by Gasteiger charge is 2.52. The zero-order valence-corrected chi connectivity index (χ0v) is 18.2. The number of fused-ring (bicyclic) bond motifs is 1. The van der Waals surface area contributed by atoms with E-state index in [9.17, 15) is 20.4 Å². The first kappa shape index (κ1) is 23.1. The molecule has 2 saturated carbocycles. The average Bonchev–Trinajstić information content (AvgIpc) is 2.86. The summed E-state index contributed by atoms with van der Waals surface area (Å²) in [6, 6.07) is 0. The van der Waals surface area contributed by atoms with Crippen LogP contribution in [0.1, 0.15) is 98.8 Å². The quantitative estimate of drug-likeness (QED) is 0.484. The van der Waals surface area contributed by atoms with Crippen LogP contribution in [0.5, 0.6) is 0 Å². The molecule has 160 valence electrons. The summed E-state index contributed by atoms with van der Waals surface area (Å²) >= 11 is 0. The summed E-state index contributed by atoms with van der Waals surface area (Å²) in [4.78, 5) is 0. The Labute approximate surface area is 166 Å². The number of rotatable bonds is 9. The van der Waals surface area contributed by atoms with Crippen LogP contribution >= 0.6 is 0 Å². The van der Waals surface area contributed by atoms with Crippen LogP contribution < -0.4 is 0 Å². The lowest BCUT2D eigenvalue weighted by Gasteiger charge is -2.46.